The number of thioether (sulfide) groups is 1. The number of hydrogen-bond acceptors (Lipinski definition) is 5. The minimum Gasteiger partial charge on any atom is -0.497 e. The first-order valence-corrected chi connectivity index (χ1v) is 11.1. The van der Waals surface area contributed by atoms with Crippen molar-refractivity contribution in [2.75, 3.05) is 12.9 Å². The predicted octanol–water partition coefficient (Wildman–Crippen LogP) is 4.50. The molecule has 1 amide bonds. The summed E-state index contributed by atoms with van der Waals surface area (Å²) in [6.45, 7) is 7.47. The Morgan fingerprint density at radius 2 is 1.80 bits per heavy atom. The van der Waals surface area contributed by atoms with Crippen molar-refractivity contribution in [1.82, 2.24) is 19.7 Å². The smallest absolute Gasteiger partial charge is 0.233 e. The average molecular weight is 425 g/mol. The molecule has 0 radical (unpaired) electrons. The van der Waals surface area contributed by atoms with Gasteiger partial charge in [0.05, 0.1) is 12.9 Å². The van der Waals surface area contributed by atoms with Gasteiger partial charge in [-0.15, -0.1) is 10.2 Å². The lowest BCUT2D eigenvalue weighted by molar-refractivity contribution is -0.130. The molecule has 0 spiro atoms. The van der Waals surface area contributed by atoms with Gasteiger partial charge in [0.1, 0.15) is 5.75 Å². The lowest BCUT2D eigenvalue weighted by atomic mass is 10.2. The predicted molar refractivity (Wildman–Crippen MR) is 121 cm³/mol. The second-order valence-electron chi connectivity index (χ2n) is 7.17. The van der Waals surface area contributed by atoms with E-state index >= 15 is 0 Å². The SMILES string of the molecule is CCn1c(SCC(=O)N(Cc2ccccc2)C(C)C)nnc1-c1ccc(OC)cc1. The van der Waals surface area contributed by atoms with Gasteiger partial charge >= 0.3 is 0 Å². The molecule has 1 heterocycles. The number of amides is 1. The second-order valence-corrected chi connectivity index (χ2v) is 8.11. The van der Waals surface area contributed by atoms with Crippen molar-refractivity contribution in [3.63, 3.8) is 0 Å². The number of aromatic nitrogens is 3. The fraction of sp³-hybridized carbons (Fsp3) is 0.348. The van der Waals surface area contributed by atoms with Gasteiger partial charge < -0.3 is 14.2 Å². The van der Waals surface area contributed by atoms with Crippen LogP contribution in [-0.4, -0.2) is 44.5 Å². The Kier molecular flexibility index (Phi) is 7.52. The van der Waals surface area contributed by atoms with E-state index in [0.717, 1.165) is 34.4 Å². The maximum Gasteiger partial charge on any atom is 0.233 e. The molecule has 0 aliphatic carbocycles. The van der Waals surface area contributed by atoms with Crippen molar-refractivity contribution in [1.29, 1.82) is 0 Å². The zero-order valence-corrected chi connectivity index (χ0v) is 18.7. The van der Waals surface area contributed by atoms with E-state index in [1.807, 2.05) is 77.9 Å². The van der Waals surface area contributed by atoms with E-state index in [1.54, 1.807) is 7.11 Å². The highest BCUT2D eigenvalue weighted by molar-refractivity contribution is 7.99. The molecular weight excluding hydrogens is 396 g/mol. The summed E-state index contributed by atoms with van der Waals surface area (Å²) in [5.74, 6) is 2.01. The molecule has 2 aromatic carbocycles. The van der Waals surface area contributed by atoms with Crippen LogP contribution in [0, 0.1) is 0 Å². The molecular formula is C23H28N4O2S. The Labute approximate surface area is 182 Å². The third kappa shape index (κ3) is 5.21. The number of benzene rings is 2. The standard InChI is InChI=1S/C23H28N4O2S/c1-5-26-22(19-11-13-20(29-4)14-12-19)24-25-23(26)30-16-21(28)27(17(2)3)15-18-9-7-6-8-10-18/h6-14,17H,5,15-16H2,1-4H3. The minimum atomic E-state index is 0.0931. The van der Waals surface area contributed by atoms with Crippen LogP contribution in [0.3, 0.4) is 0 Å². The summed E-state index contributed by atoms with van der Waals surface area (Å²) >= 11 is 1.43. The number of ether oxygens (including phenoxy) is 1. The van der Waals surface area contributed by atoms with Crippen molar-refractivity contribution in [3.8, 4) is 17.1 Å². The molecule has 3 aromatic rings. The Hall–Kier alpha value is -2.80. The molecule has 0 saturated heterocycles. The molecule has 0 unspecified atom stereocenters. The van der Waals surface area contributed by atoms with Crippen LogP contribution in [0.4, 0.5) is 0 Å². The van der Waals surface area contributed by atoms with E-state index in [1.165, 1.54) is 11.8 Å². The lowest BCUT2D eigenvalue weighted by Gasteiger charge is -2.26. The van der Waals surface area contributed by atoms with Crippen LogP contribution in [0.25, 0.3) is 11.4 Å². The van der Waals surface area contributed by atoms with Crippen molar-refractivity contribution in [2.45, 2.75) is 45.1 Å². The monoisotopic (exact) mass is 424 g/mol. The zero-order chi connectivity index (χ0) is 21.5. The molecule has 0 N–H and O–H groups in total. The highest BCUT2D eigenvalue weighted by Crippen LogP contribution is 2.26. The Morgan fingerprint density at radius 1 is 1.10 bits per heavy atom. The van der Waals surface area contributed by atoms with E-state index in [0.29, 0.717) is 12.3 Å². The van der Waals surface area contributed by atoms with Crippen LogP contribution < -0.4 is 4.74 Å². The summed E-state index contributed by atoms with van der Waals surface area (Å²) in [6.07, 6.45) is 0. The third-order valence-corrected chi connectivity index (χ3v) is 5.80. The minimum absolute atomic E-state index is 0.0931. The Bertz CT molecular complexity index is 955. The average Bonchev–Trinajstić information content (AvgIpc) is 3.19. The van der Waals surface area contributed by atoms with Crippen LogP contribution in [0.1, 0.15) is 26.3 Å². The van der Waals surface area contributed by atoms with E-state index < -0.39 is 0 Å². The normalized spacial score (nSPS) is 11.0. The molecule has 0 atom stereocenters. The molecule has 0 aliphatic rings. The molecule has 7 heteroatoms. The summed E-state index contributed by atoms with van der Waals surface area (Å²) in [5, 5.41) is 9.45. The number of carbonyl (C=O) groups excluding carboxylic acids is 1. The van der Waals surface area contributed by atoms with E-state index in [2.05, 4.69) is 17.1 Å². The van der Waals surface area contributed by atoms with Gasteiger partial charge in [-0.25, -0.2) is 0 Å². The van der Waals surface area contributed by atoms with Gasteiger partial charge in [0.2, 0.25) is 5.91 Å². The van der Waals surface area contributed by atoms with E-state index in [-0.39, 0.29) is 11.9 Å². The molecule has 0 aliphatic heterocycles. The van der Waals surface area contributed by atoms with Crippen LogP contribution in [0.15, 0.2) is 59.8 Å². The lowest BCUT2D eigenvalue weighted by Crippen LogP contribution is -2.37. The number of carbonyl (C=O) groups is 1. The number of rotatable bonds is 9. The largest absolute Gasteiger partial charge is 0.497 e. The molecule has 0 saturated carbocycles. The molecule has 6 nitrogen and oxygen atoms in total. The van der Waals surface area contributed by atoms with Gasteiger partial charge in [-0.05, 0) is 50.6 Å². The van der Waals surface area contributed by atoms with Gasteiger partial charge in [0.25, 0.3) is 0 Å². The van der Waals surface area contributed by atoms with Gasteiger partial charge in [-0.2, -0.15) is 0 Å². The summed E-state index contributed by atoms with van der Waals surface area (Å²) < 4.78 is 7.27. The Morgan fingerprint density at radius 3 is 2.40 bits per heavy atom. The number of nitrogens with zero attached hydrogens (tertiary/aromatic N) is 4. The van der Waals surface area contributed by atoms with Gasteiger partial charge in [-0.3, -0.25) is 4.79 Å². The van der Waals surface area contributed by atoms with Crippen LogP contribution in [-0.2, 0) is 17.9 Å². The maximum absolute atomic E-state index is 12.9. The summed E-state index contributed by atoms with van der Waals surface area (Å²) in [7, 11) is 1.65. The second kappa shape index (κ2) is 10.3. The highest BCUT2D eigenvalue weighted by atomic mass is 32.2. The van der Waals surface area contributed by atoms with Crippen molar-refractivity contribution >= 4 is 17.7 Å². The Balaban J connectivity index is 1.71. The quantitative estimate of drug-likeness (QED) is 0.473. The maximum atomic E-state index is 12.9. The van der Waals surface area contributed by atoms with Crippen LogP contribution in [0.2, 0.25) is 0 Å². The number of methoxy groups -OCH3 is 1. The van der Waals surface area contributed by atoms with Crippen molar-refractivity contribution in [3.05, 3.63) is 60.2 Å². The van der Waals surface area contributed by atoms with E-state index in [4.69, 9.17) is 4.74 Å². The topological polar surface area (TPSA) is 60.2 Å². The van der Waals surface area contributed by atoms with Crippen LogP contribution >= 0.6 is 11.8 Å². The zero-order valence-electron chi connectivity index (χ0n) is 17.9. The highest BCUT2D eigenvalue weighted by Gasteiger charge is 2.20. The molecule has 1 aromatic heterocycles. The molecule has 0 fully saturated rings. The fourth-order valence-corrected chi connectivity index (χ4v) is 4.07. The summed E-state index contributed by atoms with van der Waals surface area (Å²) in [6, 6.07) is 17.9. The van der Waals surface area contributed by atoms with Crippen molar-refractivity contribution < 1.29 is 9.53 Å². The first-order valence-electron chi connectivity index (χ1n) is 10.1. The molecule has 3 rings (SSSR count). The van der Waals surface area contributed by atoms with Gasteiger partial charge in [0.15, 0.2) is 11.0 Å². The van der Waals surface area contributed by atoms with Gasteiger partial charge in [-0.1, -0.05) is 42.1 Å². The molecule has 30 heavy (non-hydrogen) atoms. The fourth-order valence-electron chi connectivity index (χ4n) is 3.18. The first kappa shape index (κ1) is 21.9. The summed E-state index contributed by atoms with van der Waals surface area (Å²) in [5.41, 5.74) is 2.10. The third-order valence-electron chi connectivity index (χ3n) is 4.85. The number of hydrogen-bond donors (Lipinski definition) is 0. The van der Waals surface area contributed by atoms with E-state index in [9.17, 15) is 4.79 Å². The summed E-state index contributed by atoms with van der Waals surface area (Å²) in [4.78, 5) is 14.8. The van der Waals surface area contributed by atoms with Gasteiger partial charge in [0, 0.05) is 24.7 Å². The van der Waals surface area contributed by atoms with Crippen molar-refractivity contribution in [2.24, 2.45) is 0 Å². The molecule has 158 valence electrons. The molecule has 0 bridgehead atoms. The van der Waals surface area contributed by atoms with Crippen LogP contribution in [0.5, 0.6) is 5.75 Å². The first-order chi connectivity index (χ1) is 14.5.